The number of aromatic nitrogens is 2. The van der Waals surface area contributed by atoms with E-state index in [1.807, 2.05) is 25.4 Å². The zero-order valence-electron chi connectivity index (χ0n) is 14.4. The smallest absolute Gasteiger partial charge is 0.231 e. The van der Waals surface area contributed by atoms with E-state index in [2.05, 4.69) is 34.0 Å². The number of rotatable bonds is 3. The van der Waals surface area contributed by atoms with Gasteiger partial charge in [0.1, 0.15) is 12.0 Å². The Kier molecular flexibility index (Phi) is 3.18. The van der Waals surface area contributed by atoms with E-state index >= 15 is 0 Å². The molecule has 0 fully saturated rings. The molecule has 1 aliphatic heterocycles. The molecule has 2 aromatic carbocycles. The average molecular weight is 348 g/mol. The standard InChI is InChI=1S/C20H16N2O4/c1-22-6-5-13-7-12(3-4-16(13)22)15-10-26-21-19(15)14-8-17(23-2)20-18(9-14)24-11-25-20/h3-10H,11H2,1-2H3. The summed E-state index contributed by atoms with van der Waals surface area (Å²) >= 11 is 0. The lowest BCUT2D eigenvalue weighted by Gasteiger charge is -2.08. The van der Waals surface area contributed by atoms with E-state index in [4.69, 9.17) is 18.7 Å². The fourth-order valence-corrected chi connectivity index (χ4v) is 3.37. The van der Waals surface area contributed by atoms with Crippen LogP contribution >= 0.6 is 0 Å². The van der Waals surface area contributed by atoms with Crippen LogP contribution in [0.1, 0.15) is 0 Å². The van der Waals surface area contributed by atoms with Crippen LogP contribution in [-0.2, 0) is 7.05 Å². The zero-order chi connectivity index (χ0) is 17.7. The molecule has 6 heteroatoms. The highest BCUT2D eigenvalue weighted by Crippen LogP contribution is 2.45. The van der Waals surface area contributed by atoms with Gasteiger partial charge in [-0.15, -0.1) is 0 Å². The molecule has 0 amide bonds. The molecule has 3 heterocycles. The molecule has 2 aromatic heterocycles. The normalized spacial score (nSPS) is 12.7. The highest BCUT2D eigenvalue weighted by atomic mass is 16.7. The number of aryl methyl sites for hydroxylation is 1. The summed E-state index contributed by atoms with van der Waals surface area (Å²) in [5, 5.41) is 5.38. The van der Waals surface area contributed by atoms with Crippen molar-refractivity contribution in [2.45, 2.75) is 0 Å². The van der Waals surface area contributed by atoms with Crippen LogP contribution in [0.15, 0.2) is 53.4 Å². The van der Waals surface area contributed by atoms with E-state index < -0.39 is 0 Å². The molecule has 6 nitrogen and oxygen atoms in total. The van der Waals surface area contributed by atoms with Crippen LogP contribution in [0, 0.1) is 0 Å². The van der Waals surface area contributed by atoms with Gasteiger partial charge in [-0.1, -0.05) is 11.2 Å². The van der Waals surface area contributed by atoms with E-state index in [1.165, 1.54) is 10.9 Å². The third kappa shape index (κ3) is 2.15. The Labute approximate surface area is 149 Å². The van der Waals surface area contributed by atoms with Gasteiger partial charge in [0.05, 0.1) is 7.11 Å². The summed E-state index contributed by atoms with van der Waals surface area (Å²) in [5.41, 5.74) is 4.71. The lowest BCUT2D eigenvalue weighted by atomic mass is 10.00. The molecule has 0 aliphatic carbocycles. The van der Waals surface area contributed by atoms with E-state index in [0.717, 1.165) is 22.4 Å². The number of benzene rings is 2. The fraction of sp³-hybridized carbons (Fsp3) is 0.150. The van der Waals surface area contributed by atoms with Gasteiger partial charge in [0.25, 0.3) is 0 Å². The second-order valence-corrected chi connectivity index (χ2v) is 6.19. The number of nitrogens with zero attached hydrogens (tertiary/aromatic N) is 2. The monoisotopic (exact) mass is 348 g/mol. The van der Waals surface area contributed by atoms with E-state index in [0.29, 0.717) is 17.2 Å². The summed E-state index contributed by atoms with van der Waals surface area (Å²) in [6, 6.07) is 12.2. The topological polar surface area (TPSA) is 58.7 Å². The maximum Gasteiger partial charge on any atom is 0.231 e. The second kappa shape index (κ2) is 5.56. The summed E-state index contributed by atoms with van der Waals surface area (Å²) in [4.78, 5) is 0. The van der Waals surface area contributed by atoms with Crippen LogP contribution in [0.25, 0.3) is 33.3 Å². The first-order valence-corrected chi connectivity index (χ1v) is 8.22. The SMILES string of the molecule is COc1cc(-c2nocc2-c2ccc3c(ccn3C)c2)cc2c1OCO2. The first kappa shape index (κ1) is 14.9. The van der Waals surface area contributed by atoms with Crippen molar-refractivity contribution in [1.29, 1.82) is 0 Å². The molecule has 0 unspecified atom stereocenters. The first-order chi connectivity index (χ1) is 12.7. The van der Waals surface area contributed by atoms with Gasteiger partial charge >= 0.3 is 0 Å². The summed E-state index contributed by atoms with van der Waals surface area (Å²) in [7, 11) is 3.64. The largest absolute Gasteiger partial charge is 0.493 e. The summed E-state index contributed by atoms with van der Waals surface area (Å²) in [6.45, 7) is 0.186. The van der Waals surface area contributed by atoms with Crippen LogP contribution in [0.5, 0.6) is 17.2 Å². The average Bonchev–Trinajstić information content (AvgIpc) is 3.40. The predicted molar refractivity (Wildman–Crippen MR) is 96.5 cm³/mol. The number of fused-ring (bicyclic) bond motifs is 2. The van der Waals surface area contributed by atoms with Crippen LogP contribution < -0.4 is 14.2 Å². The molecule has 0 saturated heterocycles. The third-order valence-electron chi connectivity index (χ3n) is 4.70. The fourth-order valence-electron chi connectivity index (χ4n) is 3.37. The van der Waals surface area contributed by atoms with Crippen molar-refractivity contribution in [2.75, 3.05) is 13.9 Å². The Bertz CT molecular complexity index is 1130. The van der Waals surface area contributed by atoms with E-state index in [9.17, 15) is 0 Å². The van der Waals surface area contributed by atoms with Gasteiger partial charge in [-0.2, -0.15) is 0 Å². The molecule has 1 aliphatic rings. The van der Waals surface area contributed by atoms with Gasteiger partial charge < -0.3 is 23.3 Å². The molecule has 5 rings (SSSR count). The maximum atomic E-state index is 5.52. The molecule has 130 valence electrons. The lowest BCUT2D eigenvalue weighted by Crippen LogP contribution is -1.93. The van der Waals surface area contributed by atoms with Crippen molar-refractivity contribution in [3.63, 3.8) is 0 Å². The Hall–Kier alpha value is -3.41. The van der Waals surface area contributed by atoms with Gasteiger partial charge in [-0.25, -0.2) is 0 Å². The molecule has 0 saturated carbocycles. The molecule has 0 atom stereocenters. The number of methoxy groups -OCH3 is 1. The molecule has 4 aromatic rings. The van der Waals surface area contributed by atoms with Crippen LogP contribution in [-0.4, -0.2) is 23.6 Å². The number of hydrogen-bond acceptors (Lipinski definition) is 5. The van der Waals surface area contributed by atoms with Crippen LogP contribution in [0.3, 0.4) is 0 Å². The summed E-state index contributed by atoms with van der Waals surface area (Å²) in [6.07, 6.45) is 3.71. The Morgan fingerprint density at radius 1 is 1.08 bits per heavy atom. The third-order valence-corrected chi connectivity index (χ3v) is 4.70. The Morgan fingerprint density at radius 3 is 2.88 bits per heavy atom. The Balaban J connectivity index is 1.65. The minimum absolute atomic E-state index is 0.186. The number of hydrogen-bond donors (Lipinski definition) is 0. The molecule has 0 bridgehead atoms. The summed E-state index contributed by atoms with van der Waals surface area (Å²) in [5.74, 6) is 1.88. The molecule has 0 N–H and O–H groups in total. The van der Waals surface area contributed by atoms with Crippen molar-refractivity contribution in [1.82, 2.24) is 9.72 Å². The molecular weight excluding hydrogens is 332 g/mol. The van der Waals surface area contributed by atoms with Crippen molar-refractivity contribution in [3.8, 4) is 39.6 Å². The molecular formula is C20H16N2O4. The predicted octanol–water partition coefficient (Wildman–Crippen LogP) is 4.24. The minimum Gasteiger partial charge on any atom is -0.493 e. The van der Waals surface area contributed by atoms with Crippen molar-refractivity contribution in [2.24, 2.45) is 7.05 Å². The molecule has 0 radical (unpaired) electrons. The molecule has 0 spiro atoms. The second-order valence-electron chi connectivity index (χ2n) is 6.19. The van der Waals surface area contributed by atoms with E-state index in [-0.39, 0.29) is 6.79 Å². The summed E-state index contributed by atoms with van der Waals surface area (Å²) < 4.78 is 23.8. The highest BCUT2D eigenvalue weighted by molar-refractivity contribution is 5.89. The van der Waals surface area contributed by atoms with Gasteiger partial charge in [0, 0.05) is 35.3 Å². The van der Waals surface area contributed by atoms with Crippen LogP contribution in [0.2, 0.25) is 0 Å². The van der Waals surface area contributed by atoms with Gasteiger partial charge in [-0.3, -0.25) is 0 Å². The maximum absolute atomic E-state index is 5.52. The van der Waals surface area contributed by atoms with Gasteiger partial charge in [0.2, 0.25) is 12.5 Å². The highest BCUT2D eigenvalue weighted by Gasteiger charge is 2.23. The number of ether oxygens (including phenoxy) is 3. The van der Waals surface area contributed by atoms with Gasteiger partial charge in [0.15, 0.2) is 11.5 Å². The lowest BCUT2D eigenvalue weighted by molar-refractivity contribution is 0.171. The van der Waals surface area contributed by atoms with Crippen molar-refractivity contribution >= 4 is 10.9 Å². The zero-order valence-corrected chi connectivity index (χ0v) is 14.4. The quantitative estimate of drug-likeness (QED) is 0.554. The minimum atomic E-state index is 0.186. The Morgan fingerprint density at radius 2 is 2.00 bits per heavy atom. The van der Waals surface area contributed by atoms with Crippen molar-refractivity contribution < 1.29 is 18.7 Å². The first-order valence-electron chi connectivity index (χ1n) is 8.22. The van der Waals surface area contributed by atoms with Crippen LogP contribution in [0.4, 0.5) is 0 Å². The van der Waals surface area contributed by atoms with E-state index in [1.54, 1.807) is 13.4 Å². The van der Waals surface area contributed by atoms with Crippen molar-refractivity contribution in [3.05, 3.63) is 48.9 Å². The van der Waals surface area contributed by atoms with Gasteiger partial charge in [-0.05, 0) is 35.9 Å². The molecule has 26 heavy (non-hydrogen) atoms.